The summed E-state index contributed by atoms with van der Waals surface area (Å²) in [5.41, 5.74) is 0. The summed E-state index contributed by atoms with van der Waals surface area (Å²) in [6.07, 6.45) is -2.04. The SMILES string of the molecule is COC(=O)OC(C)C(=O)OCC#N. The Morgan fingerprint density at radius 3 is 2.62 bits per heavy atom. The Bertz CT molecular complexity index is 232. The molecule has 0 amide bonds. The molecule has 6 nitrogen and oxygen atoms in total. The monoisotopic (exact) mass is 187 g/mol. The van der Waals surface area contributed by atoms with Gasteiger partial charge < -0.3 is 14.2 Å². The molecule has 0 N–H and O–H groups in total. The van der Waals surface area contributed by atoms with Gasteiger partial charge in [0.05, 0.1) is 7.11 Å². The Labute approximate surface area is 75.0 Å². The molecule has 0 aliphatic rings. The van der Waals surface area contributed by atoms with Crippen LogP contribution in [0, 0.1) is 11.3 Å². The van der Waals surface area contributed by atoms with Crippen LogP contribution in [-0.4, -0.2) is 31.9 Å². The summed E-state index contributed by atoms with van der Waals surface area (Å²) in [5, 5.41) is 8.07. The molecule has 1 unspecified atom stereocenters. The molecule has 6 heteroatoms. The number of ether oxygens (including phenoxy) is 3. The third-order valence-electron chi connectivity index (χ3n) is 1.05. The first kappa shape index (κ1) is 11.2. The van der Waals surface area contributed by atoms with Gasteiger partial charge in [-0.2, -0.15) is 5.26 Å². The van der Waals surface area contributed by atoms with Gasteiger partial charge in [0.25, 0.3) is 0 Å². The number of nitrogens with zero attached hydrogens (tertiary/aromatic N) is 1. The highest BCUT2D eigenvalue weighted by Gasteiger charge is 2.19. The van der Waals surface area contributed by atoms with E-state index in [1.165, 1.54) is 6.92 Å². The molecule has 0 aromatic carbocycles. The van der Waals surface area contributed by atoms with Crippen molar-refractivity contribution >= 4 is 12.1 Å². The maximum absolute atomic E-state index is 10.8. The highest BCUT2D eigenvalue weighted by atomic mass is 16.7. The van der Waals surface area contributed by atoms with Crippen molar-refractivity contribution in [3.8, 4) is 6.07 Å². The van der Waals surface area contributed by atoms with Gasteiger partial charge in [0.2, 0.25) is 0 Å². The Morgan fingerprint density at radius 1 is 1.54 bits per heavy atom. The molecule has 0 radical (unpaired) electrons. The normalized spacial score (nSPS) is 10.8. The first-order valence-corrected chi connectivity index (χ1v) is 3.40. The average Bonchev–Trinajstić information content (AvgIpc) is 2.13. The molecule has 0 rings (SSSR count). The minimum atomic E-state index is -1.07. The molecule has 72 valence electrons. The van der Waals surface area contributed by atoms with E-state index in [0.717, 1.165) is 7.11 Å². The van der Waals surface area contributed by atoms with Crippen LogP contribution in [0.3, 0.4) is 0 Å². The second kappa shape index (κ2) is 5.83. The maximum Gasteiger partial charge on any atom is 0.508 e. The van der Waals surface area contributed by atoms with E-state index in [0.29, 0.717) is 0 Å². The summed E-state index contributed by atoms with van der Waals surface area (Å²) < 4.78 is 12.9. The molecule has 0 aromatic heterocycles. The minimum Gasteiger partial charge on any atom is -0.448 e. The quantitative estimate of drug-likeness (QED) is 0.587. The fraction of sp³-hybridized carbons (Fsp3) is 0.571. The molecule has 0 fully saturated rings. The number of hydrogen-bond donors (Lipinski definition) is 0. The third kappa shape index (κ3) is 4.63. The van der Waals surface area contributed by atoms with Crippen LogP contribution in [0.1, 0.15) is 6.92 Å². The van der Waals surface area contributed by atoms with Crippen molar-refractivity contribution in [1.82, 2.24) is 0 Å². The van der Waals surface area contributed by atoms with Crippen LogP contribution in [-0.2, 0) is 19.0 Å². The lowest BCUT2D eigenvalue weighted by molar-refractivity contribution is -0.152. The number of rotatable bonds is 3. The highest BCUT2D eigenvalue weighted by Crippen LogP contribution is 1.96. The van der Waals surface area contributed by atoms with Crippen LogP contribution in [0.5, 0.6) is 0 Å². The summed E-state index contributed by atoms with van der Waals surface area (Å²) in [5.74, 6) is -0.785. The highest BCUT2D eigenvalue weighted by molar-refractivity contribution is 5.77. The van der Waals surface area contributed by atoms with E-state index in [-0.39, 0.29) is 6.61 Å². The molecule has 0 aromatic rings. The number of carbonyl (C=O) groups is 2. The molecule has 0 bridgehead atoms. The van der Waals surface area contributed by atoms with E-state index in [4.69, 9.17) is 5.26 Å². The zero-order valence-electron chi connectivity index (χ0n) is 7.27. The lowest BCUT2D eigenvalue weighted by Crippen LogP contribution is -2.26. The van der Waals surface area contributed by atoms with Crippen LogP contribution in [0.25, 0.3) is 0 Å². The van der Waals surface area contributed by atoms with Crippen molar-refractivity contribution in [2.45, 2.75) is 13.0 Å². The van der Waals surface area contributed by atoms with Crippen molar-refractivity contribution < 1.29 is 23.8 Å². The molecule has 0 spiro atoms. The van der Waals surface area contributed by atoms with Crippen LogP contribution in [0.15, 0.2) is 0 Å². The summed E-state index contributed by atoms with van der Waals surface area (Å²) in [6.45, 7) is 0.949. The zero-order valence-corrected chi connectivity index (χ0v) is 7.27. The maximum atomic E-state index is 10.8. The third-order valence-corrected chi connectivity index (χ3v) is 1.05. The van der Waals surface area contributed by atoms with Crippen LogP contribution >= 0.6 is 0 Å². The van der Waals surface area contributed by atoms with E-state index < -0.39 is 18.2 Å². The summed E-state index contributed by atoms with van der Waals surface area (Å²) in [4.78, 5) is 21.3. The Morgan fingerprint density at radius 2 is 2.15 bits per heavy atom. The van der Waals surface area contributed by atoms with Gasteiger partial charge in [-0.25, -0.2) is 9.59 Å². The van der Waals surface area contributed by atoms with E-state index in [2.05, 4.69) is 14.2 Å². The largest absolute Gasteiger partial charge is 0.508 e. The van der Waals surface area contributed by atoms with Crippen molar-refractivity contribution in [2.24, 2.45) is 0 Å². The second-order valence-corrected chi connectivity index (χ2v) is 1.98. The molecule has 0 heterocycles. The summed E-state index contributed by atoms with van der Waals surface area (Å²) in [7, 11) is 1.12. The molecule has 0 aliphatic carbocycles. The molecule has 0 saturated heterocycles. The topological polar surface area (TPSA) is 85.6 Å². The van der Waals surface area contributed by atoms with Gasteiger partial charge in [-0.3, -0.25) is 0 Å². The molecular formula is C7H9NO5. The second-order valence-electron chi connectivity index (χ2n) is 1.98. The first-order valence-electron chi connectivity index (χ1n) is 3.40. The van der Waals surface area contributed by atoms with Gasteiger partial charge in [0.1, 0.15) is 6.07 Å². The molecule has 0 aliphatic heterocycles. The molecule has 0 saturated carbocycles. The molecular weight excluding hydrogens is 178 g/mol. The van der Waals surface area contributed by atoms with Crippen LogP contribution in [0.4, 0.5) is 4.79 Å². The molecule has 13 heavy (non-hydrogen) atoms. The van der Waals surface area contributed by atoms with Gasteiger partial charge in [-0.05, 0) is 6.92 Å². The minimum absolute atomic E-state index is 0.367. The molecule has 1 atom stereocenters. The van der Waals surface area contributed by atoms with Crippen LogP contribution in [0.2, 0.25) is 0 Å². The lowest BCUT2D eigenvalue weighted by Gasteiger charge is -2.09. The zero-order chi connectivity index (χ0) is 10.3. The Kier molecular flexibility index (Phi) is 5.03. The smallest absolute Gasteiger partial charge is 0.448 e. The Balaban J connectivity index is 3.83. The fourth-order valence-corrected chi connectivity index (χ4v) is 0.461. The predicted octanol–water partition coefficient (Wildman–Crippen LogP) is 0.225. The average molecular weight is 187 g/mol. The number of esters is 1. The number of carbonyl (C=O) groups excluding carboxylic acids is 2. The Hall–Kier alpha value is -1.77. The van der Waals surface area contributed by atoms with Crippen molar-refractivity contribution in [3.63, 3.8) is 0 Å². The fourth-order valence-electron chi connectivity index (χ4n) is 0.461. The van der Waals surface area contributed by atoms with Crippen molar-refractivity contribution in [2.75, 3.05) is 13.7 Å². The number of nitriles is 1. The lowest BCUT2D eigenvalue weighted by atomic mass is 10.4. The van der Waals surface area contributed by atoms with Gasteiger partial charge in [0, 0.05) is 0 Å². The van der Waals surface area contributed by atoms with Gasteiger partial charge in [-0.15, -0.1) is 0 Å². The van der Waals surface area contributed by atoms with Crippen molar-refractivity contribution in [3.05, 3.63) is 0 Å². The van der Waals surface area contributed by atoms with Gasteiger partial charge in [-0.1, -0.05) is 0 Å². The summed E-state index contributed by atoms with van der Waals surface area (Å²) in [6, 6.07) is 1.61. The van der Waals surface area contributed by atoms with Crippen LogP contribution < -0.4 is 0 Å². The van der Waals surface area contributed by atoms with E-state index in [9.17, 15) is 9.59 Å². The van der Waals surface area contributed by atoms with E-state index in [1.54, 1.807) is 6.07 Å². The number of methoxy groups -OCH3 is 1. The number of hydrogen-bond acceptors (Lipinski definition) is 6. The standard InChI is InChI=1S/C7H9NO5/c1-5(13-7(10)11-2)6(9)12-4-3-8/h5H,4H2,1-2H3. The van der Waals surface area contributed by atoms with E-state index in [1.807, 2.05) is 0 Å². The first-order chi connectivity index (χ1) is 6.11. The van der Waals surface area contributed by atoms with Gasteiger partial charge in [0.15, 0.2) is 12.7 Å². The van der Waals surface area contributed by atoms with E-state index >= 15 is 0 Å². The van der Waals surface area contributed by atoms with Crippen molar-refractivity contribution in [1.29, 1.82) is 5.26 Å². The van der Waals surface area contributed by atoms with Gasteiger partial charge >= 0.3 is 12.1 Å². The predicted molar refractivity (Wildman–Crippen MR) is 39.5 cm³/mol. The summed E-state index contributed by atoms with van der Waals surface area (Å²) >= 11 is 0.